The van der Waals surface area contributed by atoms with Gasteiger partial charge in [-0.1, -0.05) is 19.1 Å². The van der Waals surface area contributed by atoms with Crippen LogP contribution in [0.25, 0.3) is 0 Å². The van der Waals surface area contributed by atoms with Crippen LogP contribution in [0.15, 0.2) is 24.3 Å². The third-order valence-corrected chi connectivity index (χ3v) is 2.38. The first-order valence-corrected chi connectivity index (χ1v) is 4.83. The van der Waals surface area contributed by atoms with Crippen molar-refractivity contribution >= 4 is 5.97 Å². The zero-order valence-electron chi connectivity index (χ0n) is 8.55. The normalized spacial score (nSPS) is 14.6. The molecular weight excluding hydrogens is 194 g/mol. The van der Waals surface area contributed by atoms with Gasteiger partial charge in [-0.25, -0.2) is 4.79 Å². The zero-order valence-corrected chi connectivity index (χ0v) is 8.55. The van der Waals surface area contributed by atoms with Gasteiger partial charge in [-0.15, -0.1) is 0 Å². The van der Waals surface area contributed by atoms with E-state index in [9.17, 15) is 9.90 Å². The fourth-order valence-electron chi connectivity index (χ4n) is 1.32. The number of nitrogens with two attached hydrogens (primary N) is 1. The molecule has 0 spiro atoms. The van der Waals surface area contributed by atoms with Gasteiger partial charge in [-0.05, 0) is 24.1 Å². The third-order valence-electron chi connectivity index (χ3n) is 2.38. The summed E-state index contributed by atoms with van der Waals surface area (Å²) in [5.41, 5.74) is 6.74. The predicted molar refractivity (Wildman–Crippen MR) is 56.6 cm³/mol. The molecule has 4 nitrogen and oxygen atoms in total. The molecule has 0 radical (unpaired) electrons. The van der Waals surface area contributed by atoms with Gasteiger partial charge in [-0.3, -0.25) is 0 Å². The van der Waals surface area contributed by atoms with Crippen LogP contribution in [0.1, 0.15) is 35.3 Å². The number of rotatable bonds is 4. The molecule has 0 aromatic heterocycles. The topological polar surface area (TPSA) is 83.5 Å². The van der Waals surface area contributed by atoms with Gasteiger partial charge in [-0.2, -0.15) is 0 Å². The first kappa shape index (κ1) is 11.7. The van der Waals surface area contributed by atoms with E-state index in [-0.39, 0.29) is 5.56 Å². The van der Waals surface area contributed by atoms with Gasteiger partial charge in [0.1, 0.15) is 0 Å². The van der Waals surface area contributed by atoms with Crippen LogP contribution in [0.5, 0.6) is 0 Å². The molecule has 1 aromatic carbocycles. The third kappa shape index (κ3) is 2.78. The number of benzene rings is 1. The maximum Gasteiger partial charge on any atom is 0.335 e. The summed E-state index contributed by atoms with van der Waals surface area (Å²) in [5, 5.41) is 18.2. The van der Waals surface area contributed by atoms with Crippen molar-refractivity contribution in [3.63, 3.8) is 0 Å². The molecular formula is C11H15NO3. The van der Waals surface area contributed by atoms with Gasteiger partial charge in [0.15, 0.2) is 0 Å². The highest BCUT2D eigenvalue weighted by Gasteiger charge is 2.14. The van der Waals surface area contributed by atoms with Crippen molar-refractivity contribution in [3.05, 3.63) is 35.4 Å². The summed E-state index contributed by atoms with van der Waals surface area (Å²) in [6.07, 6.45) is -0.0253. The Morgan fingerprint density at radius 1 is 1.40 bits per heavy atom. The lowest BCUT2D eigenvalue weighted by atomic mass is 9.99. The van der Waals surface area contributed by atoms with Crippen molar-refractivity contribution in [2.24, 2.45) is 5.73 Å². The van der Waals surface area contributed by atoms with Gasteiger partial charge in [0.25, 0.3) is 0 Å². The Morgan fingerprint density at radius 3 is 2.33 bits per heavy atom. The summed E-state index contributed by atoms with van der Waals surface area (Å²) in [6.45, 7) is 1.84. The van der Waals surface area contributed by atoms with E-state index < -0.39 is 18.1 Å². The monoisotopic (exact) mass is 209 g/mol. The lowest BCUT2D eigenvalue weighted by molar-refractivity contribution is 0.0697. The molecule has 15 heavy (non-hydrogen) atoms. The molecule has 82 valence electrons. The average Bonchev–Trinajstić information content (AvgIpc) is 2.27. The molecule has 0 aliphatic carbocycles. The number of carboxylic acid groups (broad SMARTS) is 1. The van der Waals surface area contributed by atoms with E-state index in [1.54, 1.807) is 12.1 Å². The van der Waals surface area contributed by atoms with Gasteiger partial charge < -0.3 is 15.9 Å². The van der Waals surface area contributed by atoms with Crippen LogP contribution in [0.2, 0.25) is 0 Å². The minimum absolute atomic E-state index is 0.219. The number of aliphatic hydroxyl groups is 1. The summed E-state index contributed by atoms with van der Waals surface area (Å²) in [4.78, 5) is 10.6. The average molecular weight is 209 g/mol. The van der Waals surface area contributed by atoms with Crippen LogP contribution in [-0.2, 0) is 0 Å². The van der Waals surface area contributed by atoms with Crippen molar-refractivity contribution in [2.45, 2.75) is 25.5 Å². The highest BCUT2D eigenvalue weighted by molar-refractivity contribution is 5.87. The van der Waals surface area contributed by atoms with Crippen molar-refractivity contribution in [1.29, 1.82) is 0 Å². The number of carboxylic acids is 1. The number of aliphatic hydroxyl groups excluding tert-OH is 1. The van der Waals surface area contributed by atoms with E-state index in [0.717, 1.165) is 5.56 Å². The highest BCUT2D eigenvalue weighted by atomic mass is 16.4. The van der Waals surface area contributed by atoms with Gasteiger partial charge in [0.05, 0.1) is 17.7 Å². The van der Waals surface area contributed by atoms with E-state index in [2.05, 4.69) is 0 Å². The zero-order chi connectivity index (χ0) is 11.4. The molecule has 0 heterocycles. The van der Waals surface area contributed by atoms with Gasteiger partial charge >= 0.3 is 5.97 Å². The van der Waals surface area contributed by atoms with Crippen LogP contribution in [0.4, 0.5) is 0 Å². The first-order chi connectivity index (χ1) is 7.06. The Balaban J connectivity index is 2.84. The molecule has 1 aromatic rings. The molecule has 0 saturated carbocycles. The summed E-state index contributed by atoms with van der Waals surface area (Å²) in [7, 11) is 0. The van der Waals surface area contributed by atoms with Crippen LogP contribution < -0.4 is 5.73 Å². The molecule has 0 aliphatic rings. The van der Waals surface area contributed by atoms with Crippen LogP contribution >= 0.6 is 0 Å². The lowest BCUT2D eigenvalue weighted by Gasteiger charge is -2.17. The molecule has 2 atom stereocenters. The standard InChI is InChI=1S/C11H15NO3/c1-2-9(13)10(12)7-3-5-8(6-4-7)11(14)15/h3-6,9-10,13H,2,12H2,1H3,(H,14,15)/t9-,10+/m1/s1. The Hall–Kier alpha value is -1.39. The van der Waals surface area contributed by atoms with E-state index in [4.69, 9.17) is 10.8 Å². The van der Waals surface area contributed by atoms with Crippen LogP contribution in [-0.4, -0.2) is 22.3 Å². The predicted octanol–water partition coefficient (Wildman–Crippen LogP) is 1.16. The lowest BCUT2D eigenvalue weighted by Crippen LogP contribution is -2.25. The quantitative estimate of drug-likeness (QED) is 0.694. The molecule has 0 fully saturated rings. The molecule has 4 heteroatoms. The molecule has 0 amide bonds. The van der Waals surface area contributed by atoms with E-state index >= 15 is 0 Å². The minimum Gasteiger partial charge on any atom is -0.478 e. The number of hydrogen-bond acceptors (Lipinski definition) is 3. The van der Waals surface area contributed by atoms with Crippen molar-refractivity contribution < 1.29 is 15.0 Å². The Bertz CT molecular complexity index is 334. The second-order valence-corrected chi connectivity index (χ2v) is 3.43. The molecule has 4 N–H and O–H groups in total. The van der Waals surface area contributed by atoms with Gasteiger partial charge in [0, 0.05) is 0 Å². The SMILES string of the molecule is CC[C@@H](O)[C@@H](N)c1ccc(C(=O)O)cc1. The van der Waals surface area contributed by atoms with E-state index in [1.165, 1.54) is 12.1 Å². The molecule has 0 saturated heterocycles. The van der Waals surface area contributed by atoms with Gasteiger partial charge in [0.2, 0.25) is 0 Å². The molecule has 0 aliphatic heterocycles. The van der Waals surface area contributed by atoms with Crippen molar-refractivity contribution in [1.82, 2.24) is 0 Å². The summed E-state index contributed by atoms with van der Waals surface area (Å²) in [6, 6.07) is 5.78. The molecule has 0 unspecified atom stereocenters. The Labute approximate surface area is 88.3 Å². The minimum atomic E-state index is -0.967. The Kier molecular flexibility index (Phi) is 3.82. The van der Waals surface area contributed by atoms with Crippen molar-refractivity contribution in [2.75, 3.05) is 0 Å². The number of carbonyl (C=O) groups is 1. The maximum atomic E-state index is 10.6. The van der Waals surface area contributed by atoms with E-state index in [1.807, 2.05) is 6.92 Å². The van der Waals surface area contributed by atoms with Crippen LogP contribution in [0, 0.1) is 0 Å². The maximum absolute atomic E-state index is 10.6. The fraction of sp³-hybridized carbons (Fsp3) is 0.364. The second kappa shape index (κ2) is 4.91. The largest absolute Gasteiger partial charge is 0.478 e. The van der Waals surface area contributed by atoms with Crippen molar-refractivity contribution in [3.8, 4) is 0 Å². The number of aromatic carboxylic acids is 1. The second-order valence-electron chi connectivity index (χ2n) is 3.43. The molecule has 0 bridgehead atoms. The summed E-state index contributed by atoms with van der Waals surface area (Å²) in [5.74, 6) is -0.967. The molecule has 1 rings (SSSR count). The van der Waals surface area contributed by atoms with E-state index in [0.29, 0.717) is 6.42 Å². The number of hydrogen-bond donors (Lipinski definition) is 3. The summed E-state index contributed by atoms with van der Waals surface area (Å²) < 4.78 is 0. The smallest absolute Gasteiger partial charge is 0.335 e. The van der Waals surface area contributed by atoms with Crippen LogP contribution in [0.3, 0.4) is 0 Å². The Morgan fingerprint density at radius 2 is 1.93 bits per heavy atom. The fourth-order valence-corrected chi connectivity index (χ4v) is 1.32. The first-order valence-electron chi connectivity index (χ1n) is 4.83. The highest BCUT2D eigenvalue weighted by Crippen LogP contribution is 2.16. The summed E-state index contributed by atoms with van der Waals surface area (Å²) >= 11 is 0.